The number of aromatic hydroxyl groups is 1. The Labute approximate surface area is 219 Å². The smallest absolute Gasteiger partial charge is 0.255 e. The summed E-state index contributed by atoms with van der Waals surface area (Å²) in [6.45, 7) is 0. The first-order valence-corrected chi connectivity index (χ1v) is 12.5. The molecule has 198 valence electrons. The molecular formula is C29H30N2O7. The van der Waals surface area contributed by atoms with Crippen LogP contribution in [0.15, 0.2) is 53.3 Å². The minimum Gasteiger partial charge on any atom is -0.508 e. The van der Waals surface area contributed by atoms with Crippen molar-refractivity contribution < 1.29 is 34.8 Å². The maximum Gasteiger partial charge on any atom is 0.255 e. The molecular weight excluding hydrogens is 488 g/mol. The number of phenolic OH excluding ortho intramolecular Hbond substituents is 1. The van der Waals surface area contributed by atoms with Crippen molar-refractivity contribution >= 4 is 28.9 Å². The van der Waals surface area contributed by atoms with Crippen molar-refractivity contribution in [2.45, 2.75) is 37.7 Å². The number of hydrogen-bond donors (Lipinski definition) is 5. The number of aliphatic hydroxyl groups excluding tert-OH is 2. The summed E-state index contributed by atoms with van der Waals surface area (Å²) in [4.78, 5) is 39.9. The highest BCUT2D eigenvalue weighted by molar-refractivity contribution is 6.22. The van der Waals surface area contributed by atoms with Gasteiger partial charge in [0.2, 0.25) is 5.78 Å². The molecule has 0 bridgehead atoms. The summed E-state index contributed by atoms with van der Waals surface area (Å²) in [6, 6.07) is 11.6. The number of anilines is 1. The largest absolute Gasteiger partial charge is 0.508 e. The first-order valence-electron chi connectivity index (χ1n) is 12.5. The number of carbonyl (C=O) groups excluding carboxylic acids is 3. The van der Waals surface area contributed by atoms with Crippen molar-refractivity contribution in [2.24, 2.45) is 17.6 Å². The number of rotatable bonds is 5. The van der Waals surface area contributed by atoms with Gasteiger partial charge in [-0.2, -0.15) is 0 Å². The van der Waals surface area contributed by atoms with Crippen LogP contribution in [0.25, 0.3) is 5.76 Å². The van der Waals surface area contributed by atoms with E-state index in [4.69, 9.17) is 5.73 Å². The second-order valence-corrected chi connectivity index (χ2v) is 10.5. The van der Waals surface area contributed by atoms with E-state index in [1.807, 2.05) is 55.4 Å². The van der Waals surface area contributed by atoms with E-state index in [-0.39, 0.29) is 36.1 Å². The van der Waals surface area contributed by atoms with Gasteiger partial charge in [0.25, 0.3) is 5.91 Å². The van der Waals surface area contributed by atoms with Gasteiger partial charge in [-0.3, -0.25) is 14.4 Å². The number of carbonyl (C=O) groups is 3. The van der Waals surface area contributed by atoms with Crippen molar-refractivity contribution in [3.63, 3.8) is 0 Å². The van der Waals surface area contributed by atoms with Crippen molar-refractivity contribution in [1.29, 1.82) is 0 Å². The van der Waals surface area contributed by atoms with Crippen LogP contribution in [0.5, 0.6) is 5.75 Å². The van der Waals surface area contributed by atoms with E-state index >= 15 is 0 Å². The lowest BCUT2D eigenvalue weighted by Crippen LogP contribution is -2.58. The fourth-order valence-corrected chi connectivity index (χ4v) is 6.24. The zero-order chi connectivity index (χ0) is 27.5. The molecule has 2 aromatic rings. The molecule has 0 heterocycles. The topological polar surface area (TPSA) is 161 Å². The fourth-order valence-electron chi connectivity index (χ4n) is 6.24. The molecule has 1 saturated carbocycles. The zero-order valence-corrected chi connectivity index (χ0v) is 21.2. The van der Waals surface area contributed by atoms with Crippen LogP contribution >= 0.6 is 0 Å². The highest BCUT2D eigenvalue weighted by atomic mass is 16.3. The summed E-state index contributed by atoms with van der Waals surface area (Å²) in [7, 11) is 3.70. The van der Waals surface area contributed by atoms with Crippen LogP contribution in [0.3, 0.4) is 0 Å². The Morgan fingerprint density at radius 3 is 2.39 bits per heavy atom. The van der Waals surface area contributed by atoms with Crippen LogP contribution in [0.1, 0.15) is 35.1 Å². The number of aliphatic hydroxyl groups is 3. The van der Waals surface area contributed by atoms with Crippen LogP contribution in [-0.4, -0.2) is 57.6 Å². The number of nitrogens with two attached hydrogens (primary N) is 1. The van der Waals surface area contributed by atoms with Crippen LogP contribution in [0.4, 0.5) is 5.69 Å². The maximum absolute atomic E-state index is 13.7. The average Bonchev–Trinajstić information content (AvgIpc) is 2.86. The predicted octanol–water partition coefficient (Wildman–Crippen LogP) is 2.28. The molecule has 0 radical (unpaired) electrons. The molecule has 1 fully saturated rings. The van der Waals surface area contributed by atoms with Gasteiger partial charge in [-0.1, -0.05) is 30.3 Å². The molecule has 38 heavy (non-hydrogen) atoms. The minimum atomic E-state index is -2.57. The second-order valence-electron chi connectivity index (χ2n) is 10.5. The third-order valence-corrected chi connectivity index (χ3v) is 8.13. The number of Topliss-reactive ketones (excluding diaryl/α,β-unsaturated/α-hetero) is 2. The molecule has 0 saturated heterocycles. The molecule has 9 nitrogen and oxygen atoms in total. The van der Waals surface area contributed by atoms with Crippen LogP contribution < -0.4 is 10.6 Å². The van der Waals surface area contributed by atoms with E-state index in [1.165, 1.54) is 0 Å². The Morgan fingerprint density at radius 1 is 1.08 bits per heavy atom. The van der Waals surface area contributed by atoms with Gasteiger partial charge in [0, 0.05) is 37.7 Å². The van der Waals surface area contributed by atoms with E-state index < -0.39 is 52.0 Å². The van der Waals surface area contributed by atoms with Crippen molar-refractivity contribution in [3.8, 4) is 5.75 Å². The van der Waals surface area contributed by atoms with Crippen LogP contribution in [-0.2, 0) is 33.6 Å². The number of primary amides is 1. The molecule has 6 N–H and O–H groups in total. The summed E-state index contributed by atoms with van der Waals surface area (Å²) in [5, 5.41) is 44.9. The molecule has 3 aliphatic carbocycles. The molecule has 1 amide bonds. The van der Waals surface area contributed by atoms with E-state index in [0.29, 0.717) is 24.0 Å². The molecule has 2 aromatic carbocycles. The third kappa shape index (κ3) is 3.68. The zero-order valence-electron chi connectivity index (χ0n) is 21.2. The Morgan fingerprint density at radius 2 is 1.76 bits per heavy atom. The lowest BCUT2D eigenvalue weighted by Gasteiger charge is -2.46. The summed E-state index contributed by atoms with van der Waals surface area (Å²) in [6.07, 6.45) is 1.15. The van der Waals surface area contributed by atoms with Crippen LogP contribution in [0, 0.1) is 11.8 Å². The average molecular weight is 519 g/mol. The number of benzene rings is 2. The Balaban J connectivity index is 1.64. The summed E-state index contributed by atoms with van der Waals surface area (Å²) < 4.78 is 0. The van der Waals surface area contributed by atoms with Gasteiger partial charge < -0.3 is 31.1 Å². The van der Waals surface area contributed by atoms with E-state index in [1.54, 1.807) is 0 Å². The number of ketones is 2. The van der Waals surface area contributed by atoms with E-state index in [0.717, 1.165) is 11.3 Å². The SMILES string of the molecule is CN(C)c1cc(CCc2ccccc2)c(O)c2c1C[C@H]1C[C@H]3CC(=O)C(C(N)=O)=C(O)[C@@]3(O)C(=O)C1=C2O. The first kappa shape index (κ1) is 25.5. The van der Waals surface area contributed by atoms with Gasteiger partial charge in [-0.15, -0.1) is 0 Å². The lowest BCUT2D eigenvalue weighted by molar-refractivity contribution is -0.147. The first-order chi connectivity index (χ1) is 18.0. The van der Waals surface area contributed by atoms with Crippen LogP contribution in [0.2, 0.25) is 0 Å². The lowest BCUT2D eigenvalue weighted by atomic mass is 9.59. The van der Waals surface area contributed by atoms with Gasteiger partial charge in [0.15, 0.2) is 11.4 Å². The van der Waals surface area contributed by atoms with E-state index in [2.05, 4.69) is 0 Å². The number of aryl methyl sites for hydroxylation is 2. The minimum absolute atomic E-state index is 0.103. The van der Waals surface area contributed by atoms with Gasteiger partial charge in [0.1, 0.15) is 22.8 Å². The van der Waals surface area contributed by atoms with Crippen molar-refractivity contribution in [2.75, 3.05) is 19.0 Å². The fraction of sp³-hybridized carbons (Fsp3) is 0.345. The van der Waals surface area contributed by atoms with Crippen molar-refractivity contribution in [1.82, 2.24) is 0 Å². The quantitative estimate of drug-likeness (QED) is 0.377. The van der Waals surface area contributed by atoms with Gasteiger partial charge in [0.05, 0.1) is 5.56 Å². The molecule has 0 aliphatic heterocycles. The summed E-state index contributed by atoms with van der Waals surface area (Å²) >= 11 is 0. The molecule has 0 unspecified atom stereocenters. The molecule has 3 aliphatic rings. The monoisotopic (exact) mass is 518 g/mol. The summed E-state index contributed by atoms with van der Waals surface area (Å²) in [5.41, 5.74) is 4.95. The normalized spacial score (nSPS) is 24.6. The number of amides is 1. The van der Waals surface area contributed by atoms with Gasteiger partial charge >= 0.3 is 0 Å². The van der Waals surface area contributed by atoms with Gasteiger partial charge in [-0.25, -0.2) is 0 Å². The molecule has 5 rings (SSSR count). The van der Waals surface area contributed by atoms with Gasteiger partial charge in [-0.05, 0) is 54.4 Å². The second kappa shape index (κ2) is 9.02. The number of nitrogens with zero attached hydrogens (tertiary/aromatic N) is 1. The highest BCUT2D eigenvalue weighted by Gasteiger charge is 2.60. The molecule has 9 heteroatoms. The molecule has 0 spiro atoms. The Bertz CT molecular complexity index is 1440. The number of fused-ring (bicyclic) bond motifs is 3. The van der Waals surface area contributed by atoms with E-state index in [9.17, 15) is 34.8 Å². The maximum atomic E-state index is 13.7. The molecule has 0 aromatic heterocycles. The Hall–Kier alpha value is -4.11. The predicted molar refractivity (Wildman–Crippen MR) is 140 cm³/mol. The van der Waals surface area contributed by atoms with Crippen molar-refractivity contribution in [3.05, 3.63) is 75.6 Å². The highest BCUT2D eigenvalue weighted by Crippen LogP contribution is 2.53. The summed E-state index contributed by atoms with van der Waals surface area (Å²) in [5.74, 6) is -6.22. The third-order valence-electron chi connectivity index (χ3n) is 8.13. The molecule has 3 atom stereocenters. The standard InChI is InChI=1S/C29H30N2O7/c1-31(2)19-12-15(9-8-14-6-4-3-5-7-14)24(33)22-18(19)11-16-10-17-13-20(32)23(28(30)37)27(36)29(17,38)26(35)21(16)25(22)34/h3-7,12,16-17,33-34,36,38H,8-11,13H2,1-2H3,(H2,30,37)/t16-,17+,29+/m1/s1. The number of hydrogen-bond acceptors (Lipinski definition) is 8. The Kier molecular flexibility index (Phi) is 6.06. The number of phenols is 1.